The van der Waals surface area contributed by atoms with Gasteiger partial charge in [-0.15, -0.1) is 0 Å². The van der Waals surface area contributed by atoms with E-state index in [0.717, 1.165) is 49.0 Å². The predicted molar refractivity (Wildman–Crippen MR) is 94.3 cm³/mol. The highest BCUT2D eigenvalue weighted by Crippen LogP contribution is 2.38. The molecule has 1 aromatic carbocycles. The number of benzene rings is 1. The predicted octanol–water partition coefficient (Wildman–Crippen LogP) is 3.30. The van der Waals surface area contributed by atoms with Crippen molar-refractivity contribution in [3.05, 3.63) is 54.1 Å². The molecule has 4 rings (SSSR count). The minimum atomic E-state index is -0.425. The molecule has 4 nitrogen and oxygen atoms in total. The van der Waals surface area contributed by atoms with Crippen LogP contribution >= 0.6 is 0 Å². The van der Waals surface area contributed by atoms with Crippen molar-refractivity contribution in [2.45, 2.75) is 37.3 Å². The van der Waals surface area contributed by atoms with Crippen LogP contribution < -0.4 is 5.32 Å². The molecule has 0 radical (unpaired) electrons. The first-order valence-electron chi connectivity index (χ1n) is 8.83. The molecule has 2 aliphatic rings. The monoisotopic (exact) mass is 339 g/mol. The Kier molecular flexibility index (Phi) is 4.04. The quantitative estimate of drug-likeness (QED) is 0.913. The molecule has 0 unspecified atom stereocenters. The van der Waals surface area contributed by atoms with Crippen molar-refractivity contribution in [1.82, 2.24) is 15.2 Å². The summed E-state index contributed by atoms with van der Waals surface area (Å²) in [5.74, 6) is -0.0340. The fourth-order valence-corrected chi connectivity index (χ4v) is 4.11. The average Bonchev–Trinajstić information content (AvgIpc) is 3.06. The molecule has 0 bridgehead atoms. The van der Waals surface area contributed by atoms with Crippen molar-refractivity contribution in [2.24, 2.45) is 0 Å². The number of aromatic nitrogens is 1. The number of nitrogens with zero attached hydrogens (tertiary/aromatic N) is 2. The van der Waals surface area contributed by atoms with Gasteiger partial charge in [-0.25, -0.2) is 4.39 Å². The third-order valence-corrected chi connectivity index (χ3v) is 5.48. The maximum Gasteiger partial charge on any atom is 0.242 e. The first kappa shape index (κ1) is 16.2. The Morgan fingerprint density at radius 3 is 2.80 bits per heavy atom. The number of hydrogen-bond acceptors (Lipinski definition) is 3. The molecule has 2 saturated heterocycles. The molecular weight excluding hydrogens is 317 g/mol. The molecule has 1 aromatic heterocycles. The minimum absolute atomic E-state index is 0.0795. The second kappa shape index (κ2) is 6.23. The van der Waals surface area contributed by atoms with E-state index in [2.05, 4.69) is 10.3 Å². The van der Waals surface area contributed by atoms with Gasteiger partial charge < -0.3 is 4.90 Å². The molecule has 1 spiro atoms. The van der Waals surface area contributed by atoms with Crippen LogP contribution in [0, 0.1) is 5.82 Å². The number of piperidine rings is 1. The van der Waals surface area contributed by atoms with Gasteiger partial charge in [0.15, 0.2) is 0 Å². The number of carbonyl (C=O) groups excluding carboxylic acids is 1. The third kappa shape index (κ3) is 2.93. The van der Waals surface area contributed by atoms with Gasteiger partial charge in [-0.3, -0.25) is 15.1 Å². The Morgan fingerprint density at radius 2 is 2.00 bits per heavy atom. The Balaban J connectivity index is 1.58. The lowest BCUT2D eigenvalue weighted by molar-refractivity contribution is -0.139. The number of pyridine rings is 1. The first-order valence-corrected chi connectivity index (χ1v) is 8.83. The molecule has 1 N–H and O–H groups in total. The summed E-state index contributed by atoms with van der Waals surface area (Å²) in [6, 6.07) is 10.5. The SMILES string of the molecule is CN1CCC[C@@]2(CC[C@@H](c3cc(-c4ccc(F)cc4)ccn3)N2)C1=O. The number of halogens is 1. The Morgan fingerprint density at radius 1 is 1.20 bits per heavy atom. The summed E-state index contributed by atoms with van der Waals surface area (Å²) in [6.45, 7) is 0.839. The number of carbonyl (C=O) groups is 1. The number of likely N-dealkylation sites (N-methyl/N-ethyl adjacent to an activating group) is 1. The molecule has 2 fully saturated rings. The van der Waals surface area contributed by atoms with Crippen LogP contribution in [0.3, 0.4) is 0 Å². The van der Waals surface area contributed by atoms with Gasteiger partial charge in [0.05, 0.1) is 17.3 Å². The molecule has 25 heavy (non-hydrogen) atoms. The minimum Gasteiger partial charge on any atom is -0.344 e. The van der Waals surface area contributed by atoms with Crippen LogP contribution in [-0.4, -0.2) is 34.9 Å². The molecular formula is C20H22FN3O. The molecule has 2 aromatic rings. The number of amides is 1. The van der Waals surface area contributed by atoms with Crippen molar-refractivity contribution in [3.8, 4) is 11.1 Å². The van der Waals surface area contributed by atoms with Gasteiger partial charge in [-0.2, -0.15) is 0 Å². The summed E-state index contributed by atoms with van der Waals surface area (Å²) in [6.07, 6.45) is 5.47. The summed E-state index contributed by atoms with van der Waals surface area (Å²) >= 11 is 0. The van der Waals surface area contributed by atoms with Crippen molar-refractivity contribution < 1.29 is 9.18 Å². The fraction of sp³-hybridized carbons (Fsp3) is 0.400. The van der Waals surface area contributed by atoms with E-state index < -0.39 is 5.54 Å². The Hall–Kier alpha value is -2.27. The number of hydrogen-bond donors (Lipinski definition) is 1. The lowest BCUT2D eigenvalue weighted by atomic mass is 9.87. The fourth-order valence-electron chi connectivity index (χ4n) is 4.11. The number of nitrogens with one attached hydrogen (secondary N) is 1. The molecule has 3 heterocycles. The standard InChI is InChI=1S/C20H22FN3O/c1-24-12-2-9-20(19(24)25)10-7-17(23-20)18-13-15(8-11-22-18)14-3-5-16(21)6-4-14/h3-6,8,11,13,17,23H,2,7,9-10,12H2,1H3/t17-,20+/m0/s1. The van der Waals surface area contributed by atoms with Gasteiger partial charge in [-0.1, -0.05) is 12.1 Å². The summed E-state index contributed by atoms with van der Waals surface area (Å²) in [7, 11) is 1.88. The van der Waals surface area contributed by atoms with Crippen molar-refractivity contribution in [1.29, 1.82) is 0 Å². The van der Waals surface area contributed by atoms with Gasteiger partial charge in [0.1, 0.15) is 5.82 Å². The van der Waals surface area contributed by atoms with E-state index >= 15 is 0 Å². The van der Waals surface area contributed by atoms with Crippen LogP contribution in [0.2, 0.25) is 0 Å². The number of rotatable bonds is 2. The molecule has 130 valence electrons. The van der Waals surface area contributed by atoms with Gasteiger partial charge in [-0.05, 0) is 61.1 Å². The lowest BCUT2D eigenvalue weighted by Crippen LogP contribution is -2.57. The third-order valence-electron chi connectivity index (χ3n) is 5.48. The van der Waals surface area contributed by atoms with Crippen LogP contribution in [0.15, 0.2) is 42.6 Å². The van der Waals surface area contributed by atoms with E-state index in [4.69, 9.17) is 0 Å². The molecule has 2 aliphatic heterocycles. The van der Waals surface area contributed by atoms with Crippen molar-refractivity contribution in [3.63, 3.8) is 0 Å². The highest BCUT2D eigenvalue weighted by molar-refractivity contribution is 5.87. The molecule has 0 saturated carbocycles. The van der Waals surface area contributed by atoms with Gasteiger partial charge in [0.2, 0.25) is 5.91 Å². The Labute approximate surface area is 147 Å². The summed E-state index contributed by atoms with van der Waals surface area (Å²) in [5.41, 5.74) is 2.50. The smallest absolute Gasteiger partial charge is 0.242 e. The average molecular weight is 339 g/mol. The van der Waals surface area contributed by atoms with E-state index in [-0.39, 0.29) is 17.8 Å². The zero-order valence-corrected chi connectivity index (χ0v) is 14.3. The molecule has 2 atom stereocenters. The maximum absolute atomic E-state index is 13.1. The van der Waals surface area contributed by atoms with Crippen molar-refractivity contribution >= 4 is 5.91 Å². The summed E-state index contributed by atoms with van der Waals surface area (Å²) < 4.78 is 13.1. The second-order valence-corrected chi connectivity index (χ2v) is 7.12. The van der Waals surface area contributed by atoms with Crippen LogP contribution in [0.25, 0.3) is 11.1 Å². The normalized spacial score (nSPS) is 26.4. The topological polar surface area (TPSA) is 45.2 Å². The largest absolute Gasteiger partial charge is 0.344 e. The molecule has 1 amide bonds. The van der Waals surface area contributed by atoms with Crippen molar-refractivity contribution in [2.75, 3.05) is 13.6 Å². The second-order valence-electron chi connectivity index (χ2n) is 7.12. The van der Waals surface area contributed by atoms with E-state index in [1.807, 2.05) is 24.1 Å². The van der Waals surface area contributed by atoms with E-state index in [1.165, 1.54) is 12.1 Å². The van der Waals surface area contributed by atoms with Gasteiger partial charge in [0.25, 0.3) is 0 Å². The van der Waals surface area contributed by atoms with E-state index in [9.17, 15) is 9.18 Å². The summed E-state index contributed by atoms with van der Waals surface area (Å²) in [5, 5.41) is 3.58. The lowest BCUT2D eigenvalue weighted by Gasteiger charge is -2.38. The van der Waals surface area contributed by atoms with Crippen LogP contribution in [-0.2, 0) is 4.79 Å². The zero-order valence-electron chi connectivity index (χ0n) is 14.3. The molecule has 0 aliphatic carbocycles. The summed E-state index contributed by atoms with van der Waals surface area (Å²) in [4.78, 5) is 19.0. The highest BCUT2D eigenvalue weighted by Gasteiger charge is 2.48. The highest BCUT2D eigenvalue weighted by atomic mass is 19.1. The van der Waals surface area contributed by atoms with Crippen LogP contribution in [0.1, 0.15) is 37.4 Å². The van der Waals surface area contributed by atoms with Gasteiger partial charge >= 0.3 is 0 Å². The van der Waals surface area contributed by atoms with E-state index in [0.29, 0.717) is 0 Å². The maximum atomic E-state index is 13.1. The Bertz CT molecular complexity index is 792. The zero-order chi connectivity index (χ0) is 17.4. The van der Waals surface area contributed by atoms with Gasteiger partial charge in [0, 0.05) is 19.8 Å². The van der Waals surface area contributed by atoms with E-state index in [1.54, 1.807) is 18.3 Å². The molecule has 5 heteroatoms. The first-order chi connectivity index (χ1) is 12.1. The van der Waals surface area contributed by atoms with Crippen LogP contribution in [0.5, 0.6) is 0 Å². The van der Waals surface area contributed by atoms with Crippen LogP contribution in [0.4, 0.5) is 4.39 Å². The number of likely N-dealkylation sites (tertiary alicyclic amines) is 1.